The third-order valence-electron chi connectivity index (χ3n) is 7.13. The molecule has 0 saturated heterocycles. The molecule has 8 nitrogen and oxygen atoms in total. The van der Waals surface area contributed by atoms with Crippen LogP contribution in [-0.2, 0) is 24.2 Å². The average molecular weight is 498 g/mol. The van der Waals surface area contributed by atoms with Gasteiger partial charge in [0.15, 0.2) is 0 Å². The summed E-state index contributed by atoms with van der Waals surface area (Å²) < 4.78 is 0. The molecule has 5 N–H and O–H groups in total. The lowest BCUT2D eigenvalue weighted by Gasteiger charge is -2.29. The number of benzene rings is 2. The van der Waals surface area contributed by atoms with E-state index >= 15 is 0 Å². The van der Waals surface area contributed by atoms with Gasteiger partial charge in [-0.25, -0.2) is 5.48 Å². The van der Waals surface area contributed by atoms with Crippen LogP contribution in [0.15, 0.2) is 66.9 Å². The highest BCUT2D eigenvalue weighted by atomic mass is 16.5. The number of nitrogens with zero attached hydrogens (tertiary/aromatic N) is 1. The molecule has 0 bridgehead atoms. The van der Waals surface area contributed by atoms with Crippen molar-refractivity contribution in [3.63, 3.8) is 0 Å². The molecule has 2 heterocycles. The van der Waals surface area contributed by atoms with E-state index in [-0.39, 0.29) is 11.9 Å². The van der Waals surface area contributed by atoms with Gasteiger partial charge in [0, 0.05) is 55.0 Å². The molecule has 8 heteroatoms. The van der Waals surface area contributed by atoms with E-state index in [1.165, 1.54) is 28.2 Å². The Bertz CT molecular complexity index is 1450. The van der Waals surface area contributed by atoms with Gasteiger partial charge in [-0.2, -0.15) is 0 Å². The predicted molar refractivity (Wildman–Crippen MR) is 143 cm³/mol. The van der Waals surface area contributed by atoms with Crippen LogP contribution in [0.25, 0.3) is 17.0 Å². The van der Waals surface area contributed by atoms with Crippen LogP contribution in [0.5, 0.6) is 0 Å². The minimum Gasteiger partial charge on any atom is -0.361 e. The zero-order valence-corrected chi connectivity index (χ0v) is 20.8. The maximum atomic E-state index is 12.1. The summed E-state index contributed by atoms with van der Waals surface area (Å²) in [5, 5.41) is 12.6. The lowest BCUT2D eigenvalue weighted by Crippen LogP contribution is -2.29. The Hall–Kier alpha value is -4.14. The van der Waals surface area contributed by atoms with Crippen molar-refractivity contribution in [2.75, 3.05) is 13.6 Å². The molecule has 0 radical (unpaired) electrons. The van der Waals surface area contributed by atoms with Gasteiger partial charge >= 0.3 is 0 Å². The number of hydrogen-bond acceptors (Lipinski definition) is 4. The number of para-hydroxylation sites is 1. The number of rotatable bonds is 9. The standard InChI is InChI=1S/C29H31N5O3/c1-30-29(36)26-11-9-22(32-26)18-34(15-14-21-17-31-25-5-3-2-4-23(21)25)27-12-8-20-16-19(6-10-24(20)27)7-13-28(35)33-37/h2-7,9-11,13,16-17,27,31-32,37H,8,12,14-15,18H2,1H3,(H,30,36)(H,33,35)/b13-7+. The van der Waals surface area contributed by atoms with Gasteiger partial charge in [-0.1, -0.05) is 36.4 Å². The highest BCUT2D eigenvalue weighted by Crippen LogP contribution is 2.37. The maximum absolute atomic E-state index is 12.1. The molecule has 0 aliphatic heterocycles. The van der Waals surface area contributed by atoms with Crippen LogP contribution in [-0.4, -0.2) is 45.5 Å². The SMILES string of the molecule is CNC(=O)c1ccc(CN(CCc2c[nH]c3ccccc23)C2CCc3cc(/C=C/C(=O)NO)ccc32)[nH]1. The van der Waals surface area contributed by atoms with Crippen molar-refractivity contribution in [1.29, 1.82) is 0 Å². The summed E-state index contributed by atoms with van der Waals surface area (Å²) in [6, 6.07) is 18.7. The number of hydrogen-bond donors (Lipinski definition) is 5. The normalized spacial score (nSPS) is 14.9. The van der Waals surface area contributed by atoms with Crippen molar-refractivity contribution >= 4 is 28.8 Å². The second-order valence-corrected chi connectivity index (χ2v) is 9.38. The van der Waals surface area contributed by atoms with Crippen molar-refractivity contribution < 1.29 is 14.8 Å². The molecule has 4 aromatic rings. The van der Waals surface area contributed by atoms with Gasteiger partial charge in [-0.05, 0) is 65.8 Å². The number of aromatic amines is 2. The van der Waals surface area contributed by atoms with Gasteiger partial charge in [0.25, 0.3) is 11.8 Å². The molecular weight excluding hydrogens is 466 g/mol. The Kier molecular flexibility index (Phi) is 7.20. The molecule has 2 aromatic carbocycles. The van der Waals surface area contributed by atoms with Crippen molar-refractivity contribution in [2.45, 2.75) is 31.8 Å². The lowest BCUT2D eigenvalue weighted by molar-refractivity contribution is -0.124. The number of aromatic nitrogens is 2. The van der Waals surface area contributed by atoms with E-state index in [1.54, 1.807) is 18.6 Å². The molecular formula is C29H31N5O3. The smallest absolute Gasteiger partial charge is 0.267 e. The van der Waals surface area contributed by atoms with Crippen LogP contribution in [0, 0.1) is 0 Å². The summed E-state index contributed by atoms with van der Waals surface area (Å²) in [6.45, 7) is 1.56. The number of aryl methyl sites for hydroxylation is 1. The van der Waals surface area contributed by atoms with Crippen LogP contribution in [0.2, 0.25) is 0 Å². The summed E-state index contributed by atoms with van der Waals surface area (Å²) >= 11 is 0. The zero-order valence-electron chi connectivity index (χ0n) is 20.8. The fraction of sp³-hybridized carbons (Fsp3) is 0.241. The van der Waals surface area contributed by atoms with Gasteiger partial charge in [-0.3, -0.25) is 19.7 Å². The number of H-pyrrole nitrogens is 2. The van der Waals surface area contributed by atoms with Crippen LogP contribution >= 0.6 is 0 Å². The lowest BCUT2D eigenvalue weighted by atomic mass is 10.0. The zero-order chi connectivity index (χ0) is 25.8. The van der Waals surface area contributed by atoms with Crippen molar-refractivity contribution in [3.05, 3.63) is 101 Å². The highest BCUT2D eigenvalue weighted by molar-refractivity contribution is 5.92. The molecule has 0 spiro atoms. The second kappa shape index (κ2) is 10.9. The van der Waals surface area contributed by atoms with E-state index < -0.39 is 5.91 Å². The molecule has 37 heavy (non-hydrogen) atoms. The first kappa shape index (κ1) is 24.5. The Labute approximate surface area is 215 Å². The van der Waals surface area contributed by atoms with Crippen molar-refractivity contribution in [3.8, 4) is 0 Å². The molecule has 1 aliphatic carbocycles. The van der Waals surface area contributed by atoms with E-state index in [0.717, 1.165) is 42.6 Å². The second-order valence-electron chi connectivity index (χ2n) is 9.38. The Morgan fingerprint density at radius 3 is 2.86 bits per heavy atom. The average Bonchev–Trinajstić information content (AvgIpc) is 3.67. The largest absolute Gasteiger partial charge is 0.361 e. The van der Waals surface area contributed by atoms with Crippen LogP contribution < -0.4 is 10.8 Å². The Morgan fingerprint density at radius 2 is 2.03 bits per heavy atom. The summed E-state index contributed by atoms with van der Waals surface area (Å²) in [5.41, 5.74) is 9.10. The van der Waals surface area contributed by atoms with E-state index in [1.807, 2.05) is 24.3 Å². The van der Waals surface area contributed by atoms with Gasteiger partial charge in [0.2, 0.25) is 0 Å². The number of fused-ring (bicyclic) bond motifs is 2. The molecule has 0 saturated carbocycles. The molecule has 2 aromatic heterocycles. The Balaban J connectivity index is 1.39. The van der Waals surface area contributed by atoms with E-state index in [4.69, 9.17) is 5.21 Å². The third kappa shape index (κ3) is 5.35. The number of carbonyl (C=O) groups excluding carboxylic acids is 2. The van der Waals surface area contributed by atoms with Crippen molar-refractivity contribution in [2.24, 2.45) is 0 Å². The molecule has 1 atom stereocenters. The monoisotopic (exact) mass is 497 g/mol. The topological polar surface area (TPSA) is 113 Å². The first-order valence-electron chi connectivity index (χ1n) is 12.5. The number of hydroxylamine groups is 1. The van der Waals surface area contributed by atoms with Crippen LogP contribution in [0.1, 0.15) is 50.9 Å². The fourth-order valence-corrected chi connectivity index (χ4v) is 5.27. The first-order chi connectivity index (χ1) is 18.1. The molecule has 2 amide bonds. The molecule has 190 valence electrons. The van der Waals surface area contributed by atoms with E-state index in [9.17, 15) is 9.59 Å². The Morgan fingerprint density at radius 1 is 1.16 bits per heavy atom. The summed E-state index contributed by atoms with van der Waals surface area (Å²) in [4.78, 5) is 32.6. The number of nitrogens with one attached hydrogen (secondary N) is 4. The van der Waals surface area contributed by atoms with Gasteiger partial charge in [0.1, 0.15) is 5.69 Å². The highest BCUT2D eigenvalue weighted by Gasteiger charge is 2.28. The minimum absolute atomic E-state index is 0.127. The number of amides is 2. The molecule has 0 fully saturated rings. The number of carbonyl (C=O) groups is 2. The summed E-state index contributed by atoms with van der Waals surface area (Å²) in [5.74, 6) is -0.679. The van der Waals surface area contributed by atoms with Gasteiger partial charge < -0.3 is 15.3 Å². The van der Waals surface area contributed by atoms with E-state index in [2.05, 4.69) is 56.7 Å². The van der Waals surface area contributed by atoms with Gasteiger partial charge in [-0.15, -0.1) is 0 Å². The minimum atomic E-state index is -0.552. The summed E-state index contributed by atoms with van der Waals surface area (Å²) in [7, 11) is 1.63. The third-order valence-corrected chi connectivity index (χ3v) is 7.13. The predicted octanol–water partition coefficient (Wildman–Crippen LogP) is 4.11. The quantitative estimate of drug-likeness (QED) is 0.136. The molecule has 5 rings (SSSR count). The van der Waals surface area contributed by atoms with Crippen LogP contribution in [0.4, 0.5) is 0 Å². The molecule has 1 unspecified atom stereocenters. The summed E-state index contributed by atoms with van der Waals surface area (Å²) in [6.07, 6.45) is 7.97. The maximum Gasteiger partial charge on any atom is 0.267 e. The van der Waals surface area contributed by atoms with Crippen molar-refractivity contribution in [1.82, 2.24) is 25.7 Å². The van der Waals surface area contributed by atoms with E-state index in [0.29, 0.717) is 12.2 Å². The first-order valence-corrected chi connectivity index (χ1v) is 12.5. The van der Waals surface area contributed by atoms with Crippen LogP contribution in [0.3, 0.4) is 0 Å². The van der Waals surface area contributed by atoms with Gasteiger partial charge in [0.05, 0.1) is 0 Å². The molecule has 1 aliphatic rings. The fourth-order valence-electron chi connectivity index (χ4n) is 5.27.